The maximum Gasteiger partial charge on any atom is 0.0716 e. The van der Waals surface area contributed by atoms with Crippen LogP contribution in [0, 0.1) is 13.8 Å². The normalized spacial score (nSPS) is 10.5. The van der Waals surface area contributed by atoms with Crippen molar-refractivity contribution in [3.63, 3.8) is 0 Å². The van der Waals surface area contributed by atoms with Crippen molar-refractivity contribution >= 4 is 5.69 Å². The Kier molecular flexibility index (Phi) is 4.53. The fraction of sp³-hybridized carbons (Fsp3) is 0.312. The summed E-state index contributed by atoms with van der Waals surface area (Å²) in [6, 6.07) is 12.4. The molecular formula is C16H20N2O. The van der Waals surface area contributed by atoms with Gasteiger partial charge < -0.3 is 10.1 Å². The van der Waals surface area contributed by atoms with Gasteiger partial charge in [0.25, 0.3) is 0 Å². The fourth-order valence-corrected chi connectivity index (χ4v) is 2.09. The quantitative estimate of drug-likeness (QED) is 0.889. The number of ether oxygens (including phenoxy) is 1. The Labute approximate surface area is 114 Å². The van der Waals surface area contributed by atoms with E-state index < -0.39 is 0 Å². The van der Waals surface area contributed by atoms with Crippen LogP contribution < -0.4 is 5.32 Å². The van der Waals surface area contributed by atoms with Crippen LogP contribution in [0.2, 0.25) is 0 Å². The van der Waals surface area contributed by atoms with E-state index in [9.17, 15) is 0 Å². The Hall–Kier alpha value is -1.87. The van der Waals surface area contributed by atoms with Crippen LogP contribution in [-0.4, -0.2) is 12.1 Å². The van der Waals surface area contributed by atoms with Crippen molar-refractivity contribution in [3.05, 3.63) is 58.9 Å². The van der Waals surface area contributed by atoms with E-state index in [1.54, 1.807) is 7.11 Å². The minimum atomic E-state index is 0.642. The second-order valence-corrected chi connectivity index (χ2v) is 4.64. The molecule has 1 heterocycles. The topological polar surface area (TPSA) is 34.1 Å². The first-order valence-electron chi connectivity index (χ1n) is 6.44. The lowest BCUT2D eigenvalue weighted by Gasteiger charge is -2.12. The summed E-state index contributed by atoms with van der Waals surface area (Å²) in [6.45, 7) is 5.45. The molecular weight excluding hydrogens is 236 g/mol. The average molecular weight is 256 g/mol. The van der Waals surface area contributed by atoms with Crippen molar-refractivity contribution in [1.82, 2.24) is 4.98 Å². The van der Waals surface area contributed by atoms with Crippen molar-refractivity contribution in [2.45, 2.75) is 27.0 Å². The van der Waals surface area contributed by atoms with Crippen LogP contribution in [0.15, 0.2) is 36.4 Å². The van der Waals surface area contributed by atoms with Crippen molar-refractivity contribution in [2.75, 3.05) is 12.4 Å². The van der Waals surface area contributed by atoms with Gasteiger partial charge >= 0.3 is 0 Å². The molecule has 0 bridgehead atoms. The monoisotopic (exact) mass is 256 g/mol. The third-order valence-electron chi connectivity index (χ3n) is 3.11. The van der Waals surface area contributed by atoms with Gasteiger partial charge in [0.1, 0.15) is 0 Å². The fourth-order valence-electron chi connectivity index (χ4n) is 2.09. The number of rotatable bonds is 5. The number of pyridine rings is 1. The standard InChI is InChI=1S/C16H20N2O/c1-12-8-9-16(13(2)18-12)17-10-14-6-4-5-7-15(14)11-19-3/h4-9,17H,10-11H2,1-3H3. The number of aromatic nitrogens is 1. The van der Waals surface area contributed by atoms with E-state index in [4.69, 9.17) is 4.74 Å². The van der Waals surface area contributed by atoms with Crippen LogP contribution in [0.5, 0.6) is 0 Å². The zero-order valence-corrected chi connectivity index (χ0v) is 11.7. The molecule has 0 saturated carbocycles. The third-order valence-corrected chi connectivity index (χ3v) is 3.11. The lowest BCUT2D eigenvalue weighted by atomic mass is 10.1. The molecule has 0 atom stereocenters. The van der Waals surface area contributed by atoms with Gasteiger partial charge in [-0.15, -0.1) is 0 Å². The van der Waals surface area contributed by atoms with Crippen LogP contribution in [0.1, 0.15) is 22.5 Å². The first-order chi connectivity index (χ1) is 9.20. The molecule has 0 aliphatic carbocycles. The molecule has 0 unspecified atom stereocenters. The van der Waals surface area contributed by atoms with Gasteiger partial charge in [0.2, 0.25) is 0 Å². The third kappa shape index (κ3) is 3.55. The lowest BCUT2D eigenvalue weighted by Crippen LogP contribution is -2.05. The Morgan fingerprint density at radius 3 is 2.47 bits per heavy atom. The maximum atomic E-state index is 5.22. The van der Waals surface area contributed by atoms with Crippen LogP contribution in [0.3, 0.4) is 0 Å². The number of benzene rings is 1. The predicted molar refractivity (Wildman–Crippen MR) is 78.2 cm³/mol. The molecule has 0 spiro atoms. The number of nitrogens with zero attached hydrogens (tertiary/aromatic N) is 1. The molecule has 1 aromatic heterocycles. The molecule has 2 aromatic rings. The number of nitrogens with one attached hydrogen (secondary N) is 1. The van der Waals surface area contributed by atoms with E-state index in [0.29, 0.717) is 6.61 Å². The summed E-state index contributed by atoms with van der Waals surface area (Å²) >= 11 is 0. The number of aryl methyl sites for hydroxylation is 2. The van der Waals surface area contributed by atoms with E-state index >= 15 is 0 Å². The molecule has 1 N–H and O–H groups in total. The van der Waals surface area contributed by atoms with Gasteiger partial charge in [-0.1, -0.05) is 24.3 Å². The molecule has 0 aliphatic rings. The first kappa shape index (κ1) is 13.6. The van der Waals surface area contributed by atoms with Crippen LogP contribution in [0.25, 0.3) is 0 Å². The summed E-state index contributed by atoms with van der Waals surface area (Å²) in [5, 5.41) is 3.44. The van der Waals surface area contributed by atoms with Gasteiger partial charge in [-0.05, 0) is 37.1 Å². The van der Waals surface area contributed by atoms with E-state index in [1.165, 1.54) is 11.1 Å². The molecule has 3 nitrogen and oxygen atoms in total. The SMILES string of the molecule is COCc1ccccc1CNc1ccc(C)nc1C. The van der Waals surface area contributed by atoms with Gasteiger partial charge in [-0.2, -0.15) is 0 Å². The van der Waals surface area contributed by atoms with Crippen LogP contribution >= 0.6 is 0 Å². The van der Waals surface area contributed by atoms with Gasteiger partial charge in [-0.25, -0.2) is 0 Å². The van der Waals surface area contributed by atoms with Gasteiger partial charge in [0.15, 0.2) is 0 Å². The molecule has 3 heteroatoms. The summed E-state index contributed by atoms with van der Waals surface area (Å²) in [7, 11) is 1.72. The number of methoxy groups -OCH3 is 1. The summed E-state index contributed by atoms with van der Waals surface area (Å²) in [5.41, 5.74) is 5.63. The minimum absolute atomic E-state index is 0.642. The molecule has 1 aromatic carbocycles. The Morgan fingerprint density at radius 1 is 1.05 bits per heavy atom. The summed E-state index contributed by atoms with van der Waals surface area (Å²) in [6.07, 6.45) is 0. The zero-order valence-electron chi connectivity index (χ0n) is 11.7. The van der Waals surface area contributed by atoms with Crippen LogP contribution in [-0.2, 0) is 17.9 Å². The summed E-state index contributed by atoms with van der Waals surface area (Å²) in [5.74, 6) is 0. The minimum Gasteiger partial charge on any atom is -0.380 e. The van der Waals surface area contributed by atoms with E-state index in [-0.39, 0.29) is 0 Å². The summed E-state index contributed by atoms with van der Waals surface area (Å²) < 4.78 is 5.22. The van der Waals surface area contributed by atoms with Crippen LogP contribution in [0.4, 0.5) is 5.69 Å². The predicted octanol–water partition coefficient (Wildman–Crippen LogP) is 3.46. The highest BCUT2D eigenvalue weighted by Gasteiger charge is 2.03. The van der Waals surface area contributed by atoms with Gasteiger partial charge in [0.05, 0.1) is 18.0 Å². The zero-order chi connectivity index (χ0) is 13.7. The highest BCUT2D eigenvalue weighted by molar-refractivity contribution is 5.48. The average Bonchev–Trinajstić information content (AvgIpc) is 2.40. The van der Waals surface area contributed by atoms with Crippen molar-refractivity contribution in [1.29, 1.82) is 0 Å². The summed E-state index contributed by atoms with van der Waals surface area (Å²) in [4.78, 5) is 4.46. The molecule has 19 heavy (non-hydrogen) atoms. The van der Waals surface area contributed by atoms with Crippen molar-refractivity contribution < 1.29 is 4.74 Å². The molecule has 0 radical (unpaired) electrons. The smallest absolute Gasteiger partial charge is 0.0716 e. The number of hydrogen-bond acceptors (Lipinski definition) is 3. The van der Waals surface area contributed by atoms with Gasteiger partial charge in [-0.3, -0.25) is 4.98 Å². The van der Waals surface area contributed by atoms with E-state index in [2.05, 4.69) is 34.6 Å². The lowest BCUT2D eigenvalue weighted by molar-refractivity contribution is 0.184. The van der Waals surface area contributed by atoms with E-state index in [1.807, 2.05) is 26.0 Å². The molecule has 0 saturated heterocycles. The molecule has 100 valence electrons. The second kappa shape index (κ2) is 6.34. The van der Waals surface area contributed by atoms with Crippen molar-refractivity contribution in [2.24, 2.45) is 0 Å². The number of hydrogen-bond donors (Lipinski definition) is 1. The Bertz CT molecular complexity index is 552. The largest absolute Gasteiger partial charge is 0.380 e. The Morgan fingerprint density at radius 2 is 1.79 bits per heavy atom. The molecule has 2 rings (SSSR count). The second-order valence-electron chi connectivity index (χ2n) is 4.64. The van der Waals surface area contributed by atoms with Crippen molar-refractivity contribution in [3.8, 4) is 0 Å². The first-order valence-corrected chi connectivity index (χ1v) is 6.44. The molecule has 0 aliphatic heterocycles. The van der Waals surface area contributed by atoms with Gasteiger partial charge in [0, 0.05) is 19.3 Å². The maximum absolute atomic E-state index is 5.22. The molecule has 0 fully saturated rings. The molecule has 0 amide bonds. The highest BCUT2D eigenvalue weighted by atomic mass is 16.5. The van der Waals surface area contributed by atoms with E-state index in [0.717, 1.165) is 23.6 Å². The Balaban J connectivity index is 2.10. The highest BCUT2D eigenvalue weighted by Crippen LogP contribution is 2.16. The number of anilines is 1.